The van der Waals surface area contributed by atoms with Gasteiger partial charge in [-0.2, -0.15) is 5.10 Å². The van der Waals surface area contributed by atoms with Crippen molar-refractivity contribution >= 4 is 11.6 Å². The second kappa shape index (κ2) is 4.75. The average Bonchev–Trinajstić information content (AvgIpc) is 2.62. The summed E-state index contributed by atoms with van der Waals surface area (Å²) in [6.45, 7) is 5.46. The van der Waals surface area contributed by atoms with E-state index in [0.29, 0.717) is 18.8 Å². The van der Waals surface area contributed by atoms with Gasteiger partial charge in [0.1, 0.15) is 6.54 Å². The molecule has 0 aliphatic carbocycles. The third kappa shape index (κ3) is 2.97. The Bertz CT molecular complexity index is 394. The molecule has 2 rings (SSSR count). The number of nitrogens with zero attached hydrogens (tertiary/aromatic N) is 3. The maximum atomic E-state index is 12.0. The lowest BCUT2D eigenvalue weighted by molar-refractivity contribution is -0.144. The molecule has 17 heavy (non-hydrogen) atoms. The second-order valence-corrected chi connectivity index (χ2v) is 4.53. The molecule has 0 radical (unpaired) electrons. The predicted octanol–water partition coefficient (Wildman–Crippen LogP) is 0.101. The highest BCUT2D eigenvalue weighted by molar-refractivity contribution is 5.76. The molecule has 0 unspecified atom stereocenters. The van der Waals surface area contributed by atoms with Crippen LogP contribution in [0.15, 0.2) is 12.4 Å². The number of hydrogen-bond donors (Lipinski definition) is 1. The number of hydrogen-bond acceptors (Lipinski definition) is 4. The lowest BCUT2D eigenvalue weighted by Gasteiger charge is -2.35. The van der Waals surface area contributed by atoms with Gasteiger partial charge in [-0.1, -0.05) is 0 Å². The van der Waals surface area contributed by atoms with Gasteiger partial charge < -0.3 is 15.4 Å². The molecule has 6 heteroatoms. The zero-order valence-electron chi connectivity index (χ0n) is 10.2. The number of aromatic nitrogens is 2. The summed E-state index contributed by atoms with van der Waals surface area (Å²) >= 11 is 0. The van der Waals surface area contributed by atoms with Crippen molar-refractivity contribution in [2.75, 3.05) is 18.8 Å². The molecule has 1 amide bonds. The second-order valence-electron chi connectivity index (χ2n) is 4.53. The van der Waals surface area contributed by atoms with Crippen LogP contribution >= 0.6 is 0 Å². The molecule has 1 saturated heterocycles. The number of ether oxygens (including phenoxy) is 1. The first-order valence-corrected chi connectivity index (χ1v) is 5.75. The number of anilines is 1. The maximum absolute atomic E-state index is 12.0. The van der Waals surface area contributed by atoms with E-state index < -0.39 is 0 Å². The van der Waals surface area contributed by atoms with Gasteiger partial charge in [-0.05, 0) is 13.8 Å². The molecule has 1 aliphatic heterocycles. The Morgan fingerprint density at radius 2 is 2.18 bits per heavy atom. The molecule has 0 saturated carbocycles. The molecule has 0 aromatic carbocycles. The van der Waals surface area contributed by atoms with Crippen LogP contribution in [0.25, 0.3) is 0 Å². The topological polar surface area (TPSA) is 73.4 Å². The van der Waals surface area contributed by atoms with Gasteiger partial charge in [0.25, 0.3) is 0 Å². The molecular weight excluding hydrogens is 220 g/mol. The van der Waals surface area contributed by atoms with Gasteiger partial charge >= 0.3 is 0 Å². The van der Waals surface area contributed by atoms with E-state index >= 15 is 0 Å². The molecule has 1 aromatic rings. The van der Waals surface area contributed by atoms with Crippen molar-refractivity contribution in [3.8, 4) is 0 Å². The summed E-state index contributed by atoms with van der Waals surface area (Å²) in [5.74, 6) is 0.0510. The standard InChI is InChI=1S/C11H18N4O2/c1-8-4-14(5-9(2)17-8)11(16)7-15-6-10(12)3-13-15/h3,6,8-9H,4-5,7,12H2,1-2H3/t8-,9-/m1/s1. The van der Waals surface area contributed by atoms with Crippen LogP contribution in [0.4, 0.5) is 5.69 Å². The summed E-state index contributed by atoms with van der Waals surface area (Å²) in [4.78, 5) is 13.9. The van der Waals surface area contributed by atoms with E-state index in [-0.39, 0.29) is 24.7 Å². The fourth-order valence-electron chi connectivity index (χ4n) is 2.09. The van der Waals surface area contributed by atoms with Crippen LogP contribution in [0, 0.1) is 0 Å². The van der Waals surface area contributed by atoms with Gasteiger partial charge in [0, 0.05) is 19.3 Å². The van der Waals surface area contributed by atoms with Crippen molar-refractivity contribution in [3.05, 3.63) is 12.4 Å². The van der Waals surface area contributed by atoms with Crippen molar-refractivity contribution in [3.63, 3.8) is 0 Å². The summed E-state index contributed by atoms with van der Waals surface area (Å²) < 4.78 is 7.14. The molecule has 2 heterocycles. The van der Waals surface area contributed by atoms with Gasteiger partial charge in [-0.15, -0.1) is 0 Å². The summed E-state index contributed by atoms with van der Waals surface area (Å²) in [5, 5.41) is 4.00. The molecule has 2 N–H and O–H groups in total. The van der Waals surface area contributed by atoms with E-state index in [1.807, 2.05) is 18.7 Å². The highest BCUT2D eigenvalue weighted by atomic mass is 16.5. The lowest BCUT2D eigenvalue weighted by atomic mass is 10.2. The Morgan fingerprint density at radius 3 is 2.71 bits per heavy atom. The first-order chi connectivity index (χ1) is 8.04. The fourth-order valence-corrected chi connectivity index (χ4v) is 2.09. The summed E-state index contributed by atoms with van der Waals surface area (Å²) in [7, 11) is 0. The molecule has 2 atom stereocenters. The molecule has 1 fully saturated rings. The average molecular weight is 238 g/mol. The predicted molar refractivity (Wildman–Crippen MR) is 63.2 cm³/mol. The number of nitrogens with two attached hydrogens (primary N) is 1. The molecule has 1 aliphatic rings. The number of carbonyl (C=O) groups is 1. The Morgan fingerprint density at radius 1 is 1.53 bits per heavy atom. The zero-order valence-corrected chi connectivity index (χ0v) is 10.2. The number of amides is 1. The molecular formula is C11H18N4O2. The van der Waals surface area contributed by atoms with Crippen molar-refractivity contribution in [2.45, 2.75) is 32.6 Å². The first kappa shape index (κ1) is 11.9. The van der Waals surface area contributed by atoms with Gasteiger partial charge in [-0.3, -0.25) is 9.48 Å². The Kier molecular flexibility index (Phi) is 3.33. The van der Waals surface area contributed by atoms with Crippen molar-refractivity contribution in [1.82, 2.24) is 14.7 Å². The Balaban J connectivity index is 1.95. The SMILES string of the molecule is C[C@@H]1CN(C(=O)Cn2cc(N)cn2)C[C@@H](C)O1. The Hall–Kier alpha value is -1.56. The zero-order chi connectivity index (χ0) is 12.4. The van der Waals surface area contributed by atoms with Crippen LogP contribution in [-0.2, 0) is 16.1 Å². The van der Waals surface area contributed by atoms with E-state index in [9.17, 15) is 4.79 Å². The summed E-state index contributed by atoms with van der Waals surface area (Å²) in [5.41, 5.74) is 6.12. The highest BCUT2D eigenvalue weighted by Gasteiger charge is 2.25. The summed E-state index contributed by atoms with van der Waals surface area (Å²) in [6.07, 6.45) is 3.37. The quantitative estimate of drug-likeness (QED) is 0.793. The molecule has 1 aromatic heterocycles. The minimum Gasteiger partial charge on any atom is -0.396 e. The van der Waals surface area contributed by atoms with E-state index in [1.54, 1.807) is 10.9 Å². The normalized spacial score (nSPS) is 24.9. The number of rotatable bonds is 2. The van der Waals surface area contributed by atoms with Gasteiger partial charge in [-0.25, -0.2) is 0 Å². The van der Waals surface area contributed by atoms with Crippen LogP contribution < -0.4 is 5.73 Å². The van der Waals surface area contributed by atoms with E-state index in [1.165, 1.54) is 6.20 Å². The van der Waals surface area contributed by atoms with E-state index in [0.717, 1.165) is 0 Å². The number of carbonyl (C=O) groups excluding carboxylic acids is 1. The minimum absolute atomic E-state index is 0.0510. The van der Waals surface area contributed by atoms with Gasteiger partial charge in [0.2, 0.25) is 5.91 Å². The van der Waals surface area contributed by atoms with Crippen LogP contribution in [0.5, 0.6) is 0 Å². The van der Waals surface area contributed by atoms with Crippen molar-refractivity contribution in [1.29, 1.82) is 0 Å². The minimum atomic E-state index is 0.0510. The maximum Gasteiger partial charge on any atom is 0.244 e. The monoisotopic (exact) mass is 238 g/mol. The largest absolute Gasteiger partial charge is 0.396 e. The van der Waals surface area contributed by atoms with Gasteiger partial charge in [0.15, 0.2) is 0 Å². The van der Waals surface area contributed by atoms with Crippen molar-refractivity contribution in [2.24, 2.45) is 0 Å². The molecule has 94 valence electrons. The van der Waals surface area contributed by atoms with Crippen LogP contribution in [0.3, 0.4) is 0 Å². The van der Waals surface area contributed by atoms with E-state index in [4.69, 9.17) is 10.5 Å². The van der Waals surface area contributed by atoms with Crippen LogP contribution in [0.2, 0.25) is 0 Å². The highest BCUT2D eigenvalue weighted by Crippen LogP contribution is 2.11. The Labute approximate surface area is 100 Å². The summed E-state index contributed by atoms with van der Waals surface area (Å²) in [6, 6.07) is 0. The fraction of sp³-hybridized carbons (Fsp3) is 0.636. The third-order valence-electron chi connectivity index (χ3n) is 2.72. The third-order valence-corrected chi connectivity index (χ3v) is 2.72. The van der Waals surface area contributed by atoms with Crippen LogP contribution in [-0.4, -0.2) is 45.9 Å². The lowest BCUT2D eigenvalue weighted by Crippen LogP contribution is -2.49. The van der Waals surface area contributed by atoms with Crippen molar-refractivity contribution < 1.29 is 9.53 Å². The van der Waals surface area contributed by atoms with E-state index in [2.05, 4.69) is 5.10 Å². The number of morpholine rings is 1. The van der Waals surface area contributed by atoms with Crippen LogP contribution in [0.1, 0.15) is 13.8 Å². The molecule has 6 nitrogen and oxygen atoms in total. The number of nitrogen functional groups attached to an aromatic ring is 1. The van der Waals surface area contributed by atoms with Gasteiger partial charge in [0.05, 0.1) is 24.1 Å². The smallest absolute Gasteiger partial charge is 0.244 e. The molecule has 0 bridgehead atoms. The first-order valence-electron chi connectivity index (χ1n) is 5.75. The molecule has 0 spiro atoms.